The fraction of sp³-hybridized carbons (Fsp3) is 0.318. The number of ether oxygens (including phenoxy) is 1. The van der Waals surface area contributed by atoms with Gasteiger partial charge in [0.05, 0.1) is 5.52 Å². The molecule has 0 aliphatic carbocycles. The Bertz CT molecular complexity index is 1050. The average molecular weight is 389 g/mol. The topological polar surface area (TPSA) is 79.4 Å². The lowest BCUT2D eigenvalue weighted by Gasteiger charge is -2.27. The minimum absolute atomic E-state index is 0.0396. The Morgan fingerprint density at radius 3 is 2.90 bits per heavy atom. The van der Waals surface area contributed by atoms with Gasteiger partial charge in [-0.05, 0) is 43.7 Å². The number of rotatable bonds is 5. The summed E-state index contributed by atoms with van der Waals surface area (Å²) >= 11 is 0. The van der Waals surface area contributed by atoms with E-state index >= 15 is 0 Å². The molecule has 5 rings (SSSR count). The highest BCUT2D eigenvalue weighted by molar-refractivity contribution is 5.94. The second-order valence-corrected chi connectivity index (χ2v) is 7.74. The van der Waals surface area contributed by atoms with Crippen molar-refractivity contribution in [3.8, 4) is 5.75 Å². The number of carbonyl (C=O) groups excluding carboxylic acids is 1. The summed E-state index contributed by atoms with van der Waals surface area (Å²) in [6.07, 6.45) is 2.99. The predicted molar refractivity (Wildman–Crippen MR) is 112 cm³/mol. The molecule has 2 saturated heterocycles. The number of anilines is 2. The third-order valence-electron chi connectivity index (χ3n) is 5.56. The zero-order valence-electron chi connectivity index (χ0n) is 16.3. The number of carbonyl (C=O) groups is 1. The first-order valence-electron chi connectivity index (χ1n) is 9.90. The van der Waals surface area contributed by atoms with E-state index in [1.807, 2.05) is 55.6 Å². The molecule has 0 spiro atoms. The van der Waals surface area contributed by atoms with Crippen LogP contribution in [0.1, 0.15) is 12.0 Å². The zero-order valence-corrected chi connectivity index (χ0v) is 16.3. The second-order valence-electron chi connectivity index (χ2n) is 7.74. The molecule has 1 aromatic heterocycles. The van der Waals surface area contributed by atoms with Crippen LogP contribution in [0.25, 0.3) is 10.9 Å². The minimum Gasteiger partial charge on any atom is -0.484 e. The third kappa shape index (κ3) is 3.73. The van der Waals surface area contributed by atoms with E-state index in [0.29, 0.717) is 23.5 Å². The highest BCUT2D eigenvalue weighted by Gasteiger charge is 2.38. The number of fused-ring (bicyclic) bond motifs is 3. The summed E-state index contributed by atoms with van der Waals surface area (Å²) < 4.78 is 5.53. The Hall–Kier alpha value is -3.19. The quantitative estimate of drug-likeness (QED) is 0.698. The Morgan fingerprint density at radius 1 is 1.28 bits per heavy atom. The van der Waals surface area contributed by atoms with Crippen molar-refractivity contribution in [2.24, 2.45) is 0 Å². The normalized spacial score (nSPS) is 20.2. The van der Waals surface area contributed by atoms with Crippen molar-refractivity contribution in [3.63, 3.8) is 0 Å². The standard InChI is InChI=1S/C22H23N5O2/c1-14-2-5-19(6-3-14)29-13-21(28)25-16-4-7-20-15(8-16)10-24-22(26-20)27-12-17-9-18(27)11-23-17/h2-8,10,17-18,23H,9,11-13H2,1H3,(H,25,28). The Morgan fingerprint density at radius 2 is 2.14 bits per heavy atom. The van der Waals surface area contributed by atoms with E-state index in [4.69, 9.17) is 9.72 Å². The van der Waals surface area contributed by atoms with Crippen LogP contribution < -0.4 is 20.3 Å². The van der Waals surface area contributed by atoms with Crippen LogP contribution in [0.2, 0.25) is 0 Å². The van der Waals surface area contributed by atoms with Crippen molar-refractivity contribution in [2.45, 2.75) is 25.4 Å². The lowest BCUT2D eigenvalue weighted by atomic mass is 10.2. The van der Waals surface area contributed by atoms with Crippen molar-refractivity contribution in [2.75, 3.05) is 29.9 Å². The van der Waals surface area contributed by atoms with Gasteiger partial charge in [0.25, 0.3) is 5.91 Å². The molecule has 0 saturated carbocycles. The van der Waals surface area contributed by atoms with E-state index in [0.717, 1.165) is 41.9 Å². The van der Waals surface area contributed by atoms with Gasteiger partial charge >= 0.3 is 0 Å². The lowest BCUT2D eigenvalue weighted by Crippen LogP contribution is -2.44. The molecule has 7 heteroatoms. The van der Waals surface area contributed by atoms with Crippen molar-refractivity contribution < 1.29 is 9.53 Å². The van der Waals surface area contributed by atoms with Crippen LogP contribution in [0.4, 0.5) is 11.6 Å². The predicted octanol–water partition coefficient (Wildman–Crippen LogP) is 2.51. The number of aryl methyl sites for hydroxylation is 1. The van der Waals surface area contributed by atoms with Gasteiger partial charge in [-0.3, -0.25) is 4.79 Å². The van der Waals surface area contributed by atoms with Gasteiger partial charge in [-0.25, -0.2) is 9.97 Å². The minimum atomic E-state index is -0.206. The number of piperazine rings is 1. The Kier molecular flexibility index (Phi) is 4.52. The molecule has 2 atom stereocenters. The van der Waals surface area contributed by atoms with Gasteiger partial charge < -0.3 is 20.3 Å². The molecule has 1 amide bonds. The highest BCUT2D eigenvalue weighted by Crippen LogP contribution is 2.28. The number of hydrogen-bond acceptors (Lipinski definition) is 6. The van der Waals surface area contributed by atoms with Crippen LogP contribution in [-0.4, -0.2) is 47.7 Å². The summed E-state index contributed by atoms with van der Waals surface area (Å²) in [5.41, 5.74) is 2.73. The molecule has 7 nitrogen and oxygen atoms in total. The van der Waals surface area contributed by atoms with Crippen LogP contribution in [0, 0.1) is 6.92 Å². The number of nitrogens with zero attached hydrogens (tertiary/aromatic N) is 3. The number of amides is 1. The van der Waals surface area contributed by atoms with E-state index in [1.165, 1.54) is 0 Å². The monoisotopic (exact) mass is 389 g/mol. The number of nitrogens with one attached hydrogen (secondary N) is 2. The molecule has 2 aliphatic heterocycles. The van der Waals surface area contributed by atoms with Crippen LogP contribution in [0.5, 0.6) is 5.75 Å². The maximum Gasteiger partial charge on any atom is 0.262 e. The van der Waals surface area contributed by atoms with Crippen molar-refractivity contribution in [3.05, 3.63) is 54.2 Å². The van der Waals surface area contributed by atoms with Crippen molar-refractivity contribution in [1.82, 2.24) is 15.3 Å². The van der Waals surface area contributed by atoms with Crippen LogP contribution in [-0.2, 0) is 4.79 Å². The first kappa shape index (κ1) is 17.9. The van der Waals surface area contributed by atoms with Gasteiger partial charge in [0.15, 0.2) is 6.61 Å². The van der Waals surface area contributed by atoms with Crippen molar-refractivity contribution >= 4 is 28.4 Å². The number of benzene rings is 2. The van der Waals surface area contributed by atoms with Crippen LogP contribution in [0.15, 0.2) is 48.7 Å². The van der Waals surface area contributed by atoms with Gasteiger partial charge in [0.1, 0.15) is 5.75 Å². The van der Waals surface area contributed by atoms with E-state index in [1.54, 1.807) is 0 Å². The van der Waals surface area contributed by atoms with Gasteiger partial charge in [-0.2, -0.15) is 0 Å². The summed E-state index contributed by atoms with van der Waals surface area (Å²) in [7, 11) is 0. The van der Waals surface area contributed by atoms with Gasteiger partial charge in [0, 0.05) is 42.4 Å². The Balaban J connectivity index is 1.24. The number of aromatic nitrogens is 2. The largest absolute Gasteiger partial charge is 0.484 e. The van der Waals surface area contributed by atoms with E-state index in [2.05, 4.69) is 20.5 Å². The summed E-state index contributed by atoms with van der Waals surface area (Å²) in [6.45, 7) is 3.93. The fourth-order valence-corrected chi connectivity index (χ4v) is 4.03. The molecular weight excluding hydrogens is 366 g/mol. The molecule has 0 radical (unpaired) electrons. The first-order valence-corrected chi connectivity index (χ1v) is 9.90. The summed E-state index contributed by atoms with van der Waals surface area (Å²) in [4.78, 5) is 23.8. The molecule has 2 N–H and O–H groups in total. The van der Waals surface area contributed by atoms with E-state index in [-0.39, 0.29) is 12.5 Å². The third-order valence-corrected chi connectivity index (χ3v) is 5.56. The highest BCUT2D eigenvalue weighted by atomic mass is 16.5. The van der Waals surface area contributed by atoms with E-state index < -0.39 is 0 Å². The molecule has 2 unspecified atom stereocenters. The van der Waals surface area contributed by atoms with Gasteiger partial charge in [-0.1, -0.05) is 17.7 Å². The molecule has 2 aromatic carbocycles. The van der Waals surface area contributed by atoms with Crippen molar-refractivity contribution in [1.29, 1.82) is 0 Å². The molecule has 2 aliphatic rings. The molecule has 3 heterocycles. The SMILES string of the molecule is Cc1ccc(OCC(=O)Nc2ccc3nc(N4CC5CC4CN5)ncc3c2)cc1. The maximum absolute atomic E-state index is 12.2. The molecule has 2 bridgehead atoms. The van der Waals surface area contributed by atoms with Crippen LogP contribution in [0.3, 0.4) is 0 Å². The molecule has 2 fully saturated rings. The molecule has 29 heavy (non-hydrogen) atoms. The summed E-state index contributed by atoms with van der Waals surface area (Å²) in [6, 6.07) is 14.3. The zero-order chi connectivity index (χ0) is 19.8. The van der Waals surface area contributed by atoms with E-state index in [9.17, 15) is 4.79 Å². The lowest BCUT2D eigenvalue weighted by molar-refractivity contribution is -0.118. The summed E-state index contributed by atoms with van der Waals surface area (Å²) in [5, 5.41) is 7.26. The van der Waals surface area contributed by atoms with Gasteiger partial charge in [0.2, 0.25) is 5.95 Å². The first-order chi connectivity index (χ1) is 14.1. The molecular formula is C22H23N5O2. The fourth-order valence-electron chi connectivity index (χ4n) is 4.03. The Labute approximate surface area is 169 Å². The van der Waals surface area contributed by atoms with Crippen LogP contribution >= 0.6 is 0 Å². The van der Waals surface area contributed by atoms with Gasteiger partial charge in [-0.15, -0.1) is 0 Å². The average Bonchev–Trinajstić information content (AvgIpc) is 3.37. The molecule has 3 aromatic rings. The number of hydrogen-bond donors (Lipinski definition) is 2. The maximum atomic E-state index is 12.2. The smallest absolute Gasteiger partial charge is 0.262 e. The molecule has 148 valence electrons. The summed E-state index contributed by atoms with van der Waals surface area (Å²) in [5.74, 6) is 1.26. The second kappa shape index (κ2) is 7.33.